The van der Waals surface area contributed by atoms with E-state index in [0.717, 1.165) is 6.42 Å². The Balaban J connectivity index is 2.67. The minimum absolute atomic E-state index is 0.0300. The van der Waals surface area contributed by atoms with E-state index in [9.17, 15) is 9.59 Å². The van der Waals surface area contributed by atoms with Crippen molar-refractivity contribution in [1.82, 2.24) is 4.90 Å². The number of carbonyl (C=O) groups is 2. The lowest BCUT2D eigenvalue weighted by molar-refractivity contribution is -0.151. The molecular weight excluding hydrogens is 242 g/mol. The van der Waals surface area contributed by atoms with Crippen molar-refractivity contribution in [2.45, 2.75) is 44.7 Å². The predicted molar refractivity (Wildman–Crippen MR) is 65.9 cm³/mol. The largest absolute Gasteiger partial charge is 0.480 e. The molecule has 1 saturated heterocycles. The number of carboxylic acids is 1. The van der Waals surface area contributed by atoms with Crippen molar-refractivity contribution in [1.29, 1.82) is 0 Å². The van der Waals surface area contributed by atoms with E-state index < -0.39 is 12.0 Å². The summed E-state index contributed by atoms with van der Waals surface area (Å²) in [6.45, 7) is 5.60. The smallest absolute Gasteiger partial charge is 0.327 e. The van der Waals surface area contributed by atoms with Crippen molar-refractivity contribution in [3.05, 3.63) is 0 Å². The van der Waals surface area contributed by atoms with Crippen LogP contribution < -0.4 is 0 Å². The first-order valence-electron chi connectivity index (χ1n) is 5.74. The molecule has 17 heavy (non-hydrogen) atoms. The molecule has 1 heterocycles. The SMILES string of the molecule is CCC1SCC(C(=O)O)N1C(=O)COC(C)C. The number of carbonyl (C=O) groups excluding carboxylic acids is 1. The molecule has 1 amide bonds. The highest BCUT2D eigenvalue weighted by molar-refractivity contribution is 8.00. The van der Waals surface area contributed by atoms with Gasteiger partial charge >= 0.3 is 5.97 Å². The van der Waals surface area contributed by atoms with Crippen molar-refractivity contribution in [3.8, 4) is 0 Å². The van der Waals surface area contributed by atoms with Crippen LogP contribution in [-0.2, 0) is 14.3 Å². The molecule has 1 aliphatic rings. The average molecular weight is 261 g/mol. The second kappa shape index (κ2) is 6.26. The van der Waals surface area contributed by atoms with Gasteiger partial charge in [0, 0.05) is 5.75 Å². The molecule has 1 N–H and O–H groups in total. The van der Waals surface area contributed by atoms with Crippen LogP contribution in [0.25, 0.3) is 0 Å². The average Bonchev–Trinajstić information content (AvgIpc) is 2.69. The number of thioether (sulfide) groups is 1. The summed E-state index contributed by atoms with van der Waals surface area (Å²) in [7, 11) is 0. The van der Waals surface area contributed by atoms with Gasteiger partial charge in [-0.15, -0.1) is 11.8 Å². The van der Waals surface area contributed by atoms with E-state index in [4.69, 9.17) is 9.84 Å². The molecule has 1 aliphatic heterocycles. The molecular formula is C11H19NO4S. The lowest BCUT2D eigenvalue weighted by atomic mass is 10.2. The molecule has 0 radical (unpaired) electrons. The van der Waals surface area contributed by atoms with Gasteiger partial charge in [-0.2, -0.15) is 0 Å². The van der Waals surface area contributed by atoms with Gasteiger partial charge < -0.3 is 14.7 Å². The summed E-state index contributed by atoms with van der Waals surface area (Å²) in [5.41, 5.74) is 0. The third kappa shape index (κ3) is 3.61. The monoisotopic (exact) mass is 261 g/mol. The fourth-order valence-electron chi connectivity index (χ4n) is 1.72. The maximum Gasteiger partial charge on any atom is 0.327 e. The predicted octanol–water partition coefficient (Wildman–Crippen LogP) is 1.18. The molecule has 1 rings (SSSR count). The van der Waals surface area contributed by atoms with Crippen molar-refractivity contribution in [2.75, 3.05) is 12.4 Å². The van der Waals surface area contributed by atoms with Crippen LogP contribution in [0.4, 0.5) is 0 Å². The van der Waals surface area contributed by atoms with Gasteiger partial charge in [-0.3, -0.25) is 4.79 Å². The molecule has 5 nitrogen and oxygen atoms in total. The van der Waals surface area contributed by atoms with E-state index in [2.05, 4.69) is 0 Å². The van der Waals surface area contributed by atoms with E-state index in [1.165, 1.54) is 16.7 Å². The maximum atomic E-state index is 12.0. The van der Waals surface area contributed by atoms with Crippen molar-refractivity contribution < 1.29 is 19.4 Å². The minimum Gasteiger partial charge on any atom is -0.480 e. The number of ether oxygens (including phenoxy) is 1. The summed E-state index contributed by atoms with van der Waals surface area (Å²) in [5.74, 6) is -0.712. The Bertz CT molecular complexity index is 295. The minimum atomic E-state index is -0.939. The number of hydrogen-bond acceptors (Lipinski definition) is 4. The standard InChI is InChI=1S/C11H19NO4S/c1-4-10-12(8(6-17-10)11(14)15)9(13)5-16-7(2)3/h7-8,10H,4-6H2,1-3H3,(H,14,15). The second-order valence-electron chi connectivity index (χ2n) is 4.21. The molecule has 1 fully saturated rings. The Morgan fingerprint density at radius 1 is 1.53 bits per heavy atom. The second-order valence-corrected chi connectivity index (χ2v) is 5.42. The first kappa shape index (κ1) is 14.3. The van der Waals surface area contributed by atoms with Gasteiger partial charge in [-0.1, -0.05) is 6.92 Å². The molecule has 6 heteroatoms. The van der Waals surface area contributed by atoms with E-state index >= 15 is 0 Å². The number of amides is 1. The number of rotatable bonds is 5. The summed E-state index contributed by atoms with van der Waals surface area (Å²) < 4.78 is 5.24. The highest BCUT2D eigenvalue weighted by Gasteiger charge is 2.40. The molecule has 98 valence electrons. The quantitative estimate of drug-likeness (QED) is 0.805. The zero-order valence-corrected chi connectivity index (χ0v) is 11.2. The van der Waals surface area contributed by atoms with Gasteiger partial charge in [0.1, 0.15) is 12.6 Å². The van der Waals surface area contributed by atoms with Crippen LogP contribution in [0.1, 0.15) is 27.2 Å². The molecule has 0 aromatic rings. The Morgan fingerprint density at radius 2 is 2.18 bits per heavy atom. The Labute approximate surface area is 105 Å². The lowest BCUT2D eigenvalue weighted by Crippen LogP contribution is -2.47. The molecule has 0 bridgehead atoms. The van der Waals surface area contributed by atoms with Crippen molar-refractivity contribution in [2.24, 2.45) is 0 Å². The van der Waals surface area contributed by atoms with Crippen LogP contribution >= 0.6 is 11.8 Å². The fourth-order valence-corrected chi connectivity index (χ4v) is 3.08. The lowest BCUT2D eigenvalue weighted by Gasteiger charge is -2.26. The van der Waals surface area contributed by atoms with Gasteiger partial charge in [-0.05, 0) is 20.3 Å². The third-order valence-corrected chi connectivity index (χ3v) is 4.01. The first-order chi connectivity index (χ1) is 7.97. The van der Waals surface area contributed by atoms with Gasteiger partial charge in [0.15, 0.2) is 0 Å². The summed E-state index contributed by atoms with van der Waals surface area (Å²) in [5, 5.41) is 9.03. The fraction of sp³-hybridized carbons (Fsp3) is 0.818. The molecule has 2 atom stereocenters. The summed E-state index contributed by atoms with van der Waals surface area (Å²) in [4.78, 5) is 24.5. The molecule has 0 aliphatic carbocycles. The van der Waals surface area contributed by atoms with Gasteiger partial charge in [0.25, 0.3) is 0 Å². The van der Waals surface area contributed by atoms with Crippen LogP contribution in [-0.4, -0.2) is 51.8 Å². The van der Waals surface area contributed by atoms with E-state index in [1.54, 1.807) is 0 Å². The summed E-state index contributed by atoms with van der Waals surface area (Å²) in [6.07, 6.45) is 0.722. The molecule has 2 unspecified atom stereocenters. The van der Waals surface area contributed by atoms with Gasteiger partial charge in [0.2, 0.25) is 5.91 Å². The number of carboxylic acid groups (broad SMARTS) is 1. The van der Waals surface area contributed by atoms with Gasteiger partial charge in [-0.25, -0.2) is 4.79 Å². The Morgan fingerprint density at radius 3 is 2.65 bits per heavy atom. The van der Waals surface area contributed by atoms with Gasteiger partial charge in [0.05, 0.1) is 11.5 Å². The maximum absolute atomic E-state index is 12.0. The number of hydrogen-bond donors (Lipinski definition) is 1. The highest BCUT2D eigenvalue weighted by atomic mass is 32.2. The van der Waals surface area contributed by atoms with E-state index in [-0.39, 0.29) is 24.0 Å². The zero-order chi connectivity index (χ0) is 13.0. The summed E-state index contributed by atoms with van der Waals surface area (Å²) in [6, 6.07) is -0.715. The number of nitrogens with zero attached hydrogens (tertiary/aromatic N) is 1. The zero-order valence-electron chi connectivity index (χ0n) is 10.4. The highest BCUT2D eigenvalue weighted by Crippen LogP contribution is 2.31. The van der Waals surface area contributed by atoms with Crippen molar-refractivity contribution >= 4 is 23.6 Å². The normalized spacial score (nSPS) is 24.4. The van der Waals surface area contributed by atoms with Crippen LogP contribution in [0, 0.1) is 0 Å². The number of aliphatic carboxylic acids is 1. The van der Waals surface area contributed by atoms with Crippen LogP contribution in [0.15, 0.2) is 0 Å². The van der Waals surface area contributed by atoms with Crippen LogP contribution in [0.5, 0.6) is 0 Å². The Kier molecular flexibility index (Phi) is 5.27. The van der Waals surface area contributed by atoms with Crippen molar-refractivity contribution in [3.63, 3.8) is 0 Å². The van der Waals surface area contributed by atoms with E-state index in [0.29, 0.717) is 5.75 Å². The topological polar surface area (TPSA) is 66.8 Å². The third-order valence-electron chi connectivity index (χ3n) is 2.55. The molecule has 0 spiro atoms. The van der Waals surface area contributed by atoms with Crippen LogP contribution in [0.2, 0.25) is 0 Å². The molecule has 0 aromatic carbocycles. The summed E-state index contributed by atoms with van der Waals surface area (Å²) >= 11 is 1.52. The first-order valence-corrected chi connectivity index (χ1v) is 6.79. The van der Waals surface area contributed by atoms with E-state index in [1.807, 2.05) is 20.8 Å². The van der Waals surface area contributed by atoms with Crippen LogP contribution in [0.3, 0.4) is 0 Å². The molecule has 0 saturated carbocycles. The molecule has 0 aromatic heterocycles. The Hall–Kier alpha value is -0.750.